The number of ether oxygens (including phenoxy) is 1. The van der Waals surface area contributed by atoms with Crippen molar-refractivity contribution in [2.24, 2.45) is 0 Å². The maximum absolute atomic E-state index is 10.5. The van der Waals surface area contributed by atoms with E-state index in [1.54, 1.807) is 0 Å². The molecule has 0 spiro atoms. The lowest BCUT2D eigenvalue weighted by molar-refractivity contribution is -0.384. The lowest BCUT2D eigenvalue weighted by atomic mass is 10.3. The van der Waals surface area contributed by atoms with Gasteiger partial charge in [-0.05, 0) is 40.9 Å². The van der Waals surface area contributed by atoms with Crippen LogP contribution in [-0.4, -0.2) is 8.90 Å². The summed E-state index contributed by atoms with van der Waals surface area (Å²) in [7, 11) is 0. The van der Waals surface area contributed by atoms with E-state index in [0.29, 0.717) is 0 Å². The molecule has 0 saturated carbocycles. The zero-order valence-corrected chi connectivity index (χ0v) is 9.94. The molecule has 0 bridgehead atoms. The van der Waals surface area contributed by atoms with Gasteiger partial charge in [-0.25, -0.2) is 0 Å². The Morgan fingerprint density at radius 2 is 1.93 bits per heavy atom. The molecule has 0 aliphatic rings. The Kier molecular flexibility index (Phi) is 3.89. The van der Waals surface area contributed by atoms with E-state index in [1.165, 1.54) is 18.2 Å². The van der Waals surface area contributed by atoms with Crippen molar-refractivity contribution in [3.8, 4) is 5.75 Å². The minimum atomic E-state index is -2.02. The highest BCUT2D eigenvalue weighted by Gasteiger charge is 2.25. The molecule has 0 N–H and O–H groups in total. The molecule has 1 aromatic rings. The number of nitro groups is 1. The van der Waals surface area contributed by atoms with Crippen LogP contribution in [0.3, 0.4) is 0 Å². The van der Waals surface area contributed by atoms with Crippen LogP contribution in [0.25, 0.3) is 0 Å². The Hall–Kier alpha value is -0.420. The van der Waals surface area contributed by atoms with Crippen LogP contribution in [0.5, 0.6) is 5.75 Å². The standard InChI is InChI=1S/C7H3Cl4NO3/c8-6-4(12(13)14)2-1-3-5(6)15-7(9,10)11/h1-3H. The van der Waals surface area contributed by atoms with E-state index in [9.17, 15) is 10.1 Å². The first-order valence-electron chi connectivity index (χ1n) is 3.50. The Morgan fingerprint density at radius 1 is 1.33 bits per heavy atom. The minimum Gasteiger partial charge on any atom is -0.444 e. The van der Waals surface area contributed by atoms with Gasteiger partial charge in [0.2, 0.25) is 0 Å². The van der Waals surface area contributed by atoms with Crippen LogP contribution in [0.1, 0.15) is 0 Å². The van der Waals surface area contributed by atoms with Gasteiger partial charge >= 0.3 is 3.98 Å². The van der Waals surface area contributed by atoms with E-state index < -0.39 is 8.90 Å². The largest absolute Gasteiger partial charge is 0.444 e. The third-order valence-electron chi connectivity index (χ3n) is 1.37. The highest BCUT2D eigenvalue weighted by molar-refractivity contribution is 6.66. The van der Waals surface area contributed by atoms with E-state index in [2.05, 4.69) is 0 Å². The van der Waals surface area contributed by atoms with Crippen LogP contribution in [0.2, 0.25) is 5.02 Å². The van der Waals surface area contributed by atoms with E-state index in [-0.39, 0.29) is 16.5 Å². The first-order valence-corrected chi connectivity index (χ1v) is 5.01. The predicted molar refractivity (Wildman–Crippen MR) is 59.0 cm³/mol. The SMILES string of the molecule is O=[N+]([O-])c1cccc(OC(Cl)(Cl)Cl)c1Cl. The molecule has 15 heavy (non-hydrogen) atoms. The second-order valence-electron chi connectivity index (χ2n) is 2.39. The maximum atomic E-state index is 10.5. The molecule has 0 aliphatic heterocycles. The first kappa shape index (κ1) is 12.6. The normalized spacial score (nSPS) is 11.2. The summed E-state index contributed by atoms with van der Waals surface area (Å²) in [5, 5.41) is 10.3. The topological polar surface area (TPSA) is 52.4 Å². The fourth-order valence-corrected chi connectivity index (χ4v) is 1.33. The molecule has 0 aliphatic carbocycles. The molecule has 0 heterocycles. The number of benzene rings is 1. The smallest absolute Gasteiger partial charge is 0.338 e. The molecule has 0 amide bonds. The predicted octanol–water partition coefficient (Wildman–Crippen LogP) is 3.95. The van der Waals surface area contributed by atoms with Gasteiger partial charge in [0.05, 0.1) is 4.92 Å². The van der Waals surface area contributed by atoms with Crippen molar-refractivity contribution in [1.29, 1.82) is 0 Å². The molecule has 8 heteroatoms. The second kappa shape index (κ2) is 4.61. The van der Waals surface area contributed by atoms with Gasteiger partial charge in [0, 0.05) is 6.07 Å². The monoisotopic (exact) mass is 289 g/mol. The van der Waals surface area contributed by atoms with Gasteiger partial charge in [-0.15, -0.1) is 0 Å². The summed E-state index contributed by atoms with van der Waals surface area (Å²) < 4.78 is 2.77. The number of hydrogen-bond acceptors (Lipinski definition) is 3. The highest BCUT2D eigenvalue weighted by Crippen LogP contribution is 2.38. The van der Waals surface area contributed by atoms with Crippen molar-refractivity contribution >= 4 is 52.1 Å². The summed E-state index contributed by atoms with van der Waals surface area (Å²) in [5.41, 5.74) is -0.316. The Bertz CT molecular complexity index is 390. The zero-order valence-electron chi connectivity index (χ0n) is 6.92. The van der Waals surface area contributed by atoms with Gasteiger partial charge in [0.1, 0.15) is 5.75 Å². The minimum absolute atomic E-state index is 0.0640. The number of halogens is 4. The van der Waals surface area contributed by atoms with E-state index >= 15 is 0 Å². The molecular formula is C7H3Cl4NO3. The van der Waals surface area contributed by atoms with E-state index in [0.717, 1.165) is 0 Å². The van der Waals surface area contributed by atoms with Crippen LogP contribution in [0.4, 0.5) is 5.69 Å². The second-order valence-corrected chi connectivity index (χ2v) is 4.95. The van der Waals surface area contributed by atoms with Gasteiger partial charge in [-0.2, -0.15) is 0 Å². The molecule has 1 aromatic carbocycles. The summed E-state index contributed by atoms with van der Waals surface area (Å²) >= 11 is 21.7. The molecule has 82 valence electrons. The van der Waals surface area contributed by atoms with Gasteiger partial charge in [0.25, 0.3) is 5.69 Å². The van der Waals surface area contributed by atoms with Gasteiger partial charge in [-0.3, -0.25) is 10.1 Å². The molecular weight excluding hydrogens is 288 g/mol. The van der Waals surface area contributed by atoms with Crippen molar-refractivity contribution in [3.05, 3.63) is 33.3 Å². The molecule has 0 saturated heterocycles. The third-order valence-corrected chi connectivity index (χ3v) is 1.98. The Morgan fingerprint density at radius 3 is 2.40 bits per heavy atom. The van der Waals surface area contributed by atoms with Crippen molar-refractivity contribution in [1.82, 2.24) is 0 Å². The molecule has 0 radical (unpaired) electrons. The lowest BCUT2D eigenvalue weighted by Crippen LogP contribution is -2.13. The number of nitro benzene ring substituents is 1. The fraction of sp³-hybridized carbons (Fsp3) is 0.143. The van der Waals surface area contributed by atoms with E-state index in [4.69, 9.17) is 51.1 Å². The lowest BCUT2D eigenvalue weighted by Gasteiger charge is -2.14. The average Bonchev–Trinajstić information content (AvgIpc) is 2.05. The van der Waals surface area contributed by atoms with E-state index in [1.807, 2.05) is 0 Å². The van der Waals surface area contributed by atoms with Crippen molar-refractivity contribution < 1.29 is 9.66 Å². The number of hydrogen-bond donors (Lipinski definition) is 0. The first-order chi connectivity index (χ1) is 6.81. The number of nitrogens with zero attached hydrogens (tertiary/aromatic N) is 1. The summed E-state index contributed by atoms with van der Waals surface area (Å²) in [6.45, 7) is 0. The number of alkyl halides is 3. The summed E-state index contributed by atoms with van der Waals surface area (Å²) in [6.07, 6.45) is 0. The van der Waals surface area contributed by atoms with Crippen LogP contribution in [0, 0.1) is 10.1 Å². The molecule has 4 nitrogen and oxygen atoms in total. The van der Waals surface area contributed by atoms with Crippen LogP contribution < -0.4 is 4.74 Å². The molecule has 0 aromatic heterocycles. The Balaban J connectivity index is 3.10. The zero-order chi connectivity index (χ0) is 11.6. The summed E-state index contributed by atoms with van der Waals surface area (Å²) in [6, 6.07) is 3.94. The molecule has 0 atom stereocenters. The molecule has 1 rings (SSSR count). The maximum Gasteiger partial charge on any atom is 0.338 e. The van der Waals surface area contributed by atoms with Gasteiger partial charge < -0.3 is 4.74 Å². The Labute approximate surface area is 105 Å². The van der Waals surface area contributed by atoms with Gasteiger partial charge in [0.15, 0.2) is 5.02 Å². The average molecular weight is 291 g/mol. The van der Waals surface area contributed by atoms with Crippen LogP contribution in [-0.2, 0) is 0 Å². The quantitative estimate of drug-likeness (QED) is 0.471. The fourth-order valence-electron chi connectivity index (χ4n) is 0.844. The van der Waals surface area contributed by atoms with Crippen molar-refractivity contribution in [2.45, 2.75) is 3.98 Å². The molecule has 0 fully saturated rings. The third kappa shape index (κ3) is 3.57. The van der Waals surface area contributed by atoms with Gasteiger partial charge in [-0.1, -0.05) is 17.7 Å². The molecule has 0 unspecified atom stereocenters. The number of rotatable bonds is 2. The summed E-state index contributed by atoms with van der Waals surface area (Å²) in [4.78, 5) is 9.85. The van der Waals surface area contributed by atoms with Crippen LogP contribution >= 0.6 is 46.4 Å². The summed E-state index contributed by atoms with van der Waals surface area (Å²) in [5.74, 6) is -0.0640. The van der Waals surface area contributed by atoms with Crippen molar-refractivity contribution in [3.63, 3.8) is 0 Å². The van der Waals surface area contributed by atoms with Crippen molar-refractivity contribution in [2.75, 3.05) is 0 Å². The van der Waals surface area contributed by atoms with Crippen LogP contribution in [0.15, 0.2) is 18.2 Å². The highest BCUT2D eigenvalue weighted by atomic mass is 35.6.